The fourth-order valence-corrected chi connectivity index (χ4v) is 1.80. The molecule has 2 rings (SSSR count). The van der Waals surface area contributed by atoms with Gasteiger partial charge in [0.05, 0.1) is 0 Å². The molecule has 0 spiro atoms. The molecular formula is C17H21NO3. The van der Waals surface area contributed by atoms with Crippen LogP contribution in [0.2, 0.25) is 0 Å². The Morgan fingerprint density at radius 2 is 1.48 bits per heavy atom. The second-order valence-electron chi connectivity index (χ2n) is 5.09. The highest BCUT2D eigenvalue weighted by Crippen LogP contribution is 2.17. The molecule has 0 aliphatic rings. The third-order valence-electron chi connectivity index (χ3n) is 3.24. The molecule has 3 N–H and O–H groups in total. The van der Waals surface area contributed by atoms with Crippen molar-refractivity contribution in [3.8, 4) is 11.5 Å². The number of aliphatic hydroxyl groups is 1. The summed E-state index contributed by atoms with van der Waals surface area (Å²) >= 11 is 0. The van der Waals surface area contributed by atoms with E-state index < -0.39 is 6.10 Å². The van der Waals surface area contributed by atoms with Gasteiger partial charge in [0, 0.05) is 5.69 Å². The van der Waals surface area contributed by atoms with Crippen molar-refractivity contribution in [2.45, 2.75) is 20.0 Å². The van der Waals surface area contributed by atoms with Crippen molar-refractivity contribution >= 4 is 5.69 Å². The van der Waals surface area contributed by atoms with E-state index in [1.54, 1.807) is 24.3 Å². The first-order valence-corrected chi connectivity index (χ1v) is 6.91. The van der Waals surface area contributed by atoms with Gasteiger partial charge in [-0.3, -0.25) is 0 Å². The van der Waals surface area contributed by atoms with Crippen LogP contribution in [0.15, 0.2) is 42.5 Å². The zero-order valence-corrected chi connectivity index (χ0v) is 12.4. The highest BCUT2D eigenvalue weighted by molar-refractivity contribution is 5.41. The summed E-state index contributed by atoms with van der Waals surface area (Å²) in [5.74, 6) is 1.43. The predicted molar refractivity (Wildman–Crippen MR) is 83.8 cm³/mol. The predicted octanol–water partition coefficient (Wildman–Crippen LogP) is 2.70. The van der Waals surface area contributed by atoms with Crippen LogP contribution in [0.25, 0.3) is 0 Å². The Bertz CT molecular complexity index is 581. The molecule has 0 aromatic heterocycles. The van der Waals surface area contributed by atoms with Gasteiger partial charge in [-0.1, -0.05) is 6.07 Å². The van der Waals surface area contributed by atoms with Crippen LogP contribution in [0.5, 0.6) is 11.5 Å². The van der Waals surface area contributed by atoms with Crippen LogP contribution in [-0.2, 0) is 0 Å². The Morgan fingerprint density at radius 1 is 0.905 bits per heavy atom. The molecule has 2 aromatic rings. The van der Waals surface area contributed by atoms with Crippen molar-refractivity contribution in [3.05, 3.63) is 53.6 Å². The van der Waals surface area contributed by atoms with E-state index in [2.05, 4.69) is 6.92 Å². The molecule has 1 atom stereocenters. The molecule has 0 fully saturated rings. The summed E-state index contributed by atoms with van der Waals surface area (Å²) in [6, 6.07) is 12.9. The van der Waals surface area contributed by atoms with E-state index in [-0.39, 0.29) is 13.2 Å². The van der Waals surface area contributed by atoms with E-state index in [4.69, 9.17) is 15.2 Å². The molecular weight excluding hydrogens is 266 g/mol. The van der Waals surface area contributed by atoms with Gasteiger partial charge in [-0.2, -0.15) is 0 Å². The second-order valence-corrected chi connectivity index (χ2v) is 5.09. The average Bonchev–Trinajstić information content (AvgIpc) is 2.48. The van der Waals surface area contributed by atoms with E-state index in [1.807, 2.05) is 25.1 Å². The van der Waals surface area contributed by atoms with Crippen LogP contribution in [0.1, 0.15) is 11.1 Å². The number of benzene rings is 2. The molecule has 0 saturated heterocycles. The molecule has 0 aliphatic heterocycles. The lowest BCUT2D eigenvalue weighted by atomic mass is 10.1. The molecule has 4 nitrogen and oxygen atoms in total. The van der Waals surface area contributed by atoms with E-state index in [0.29, 0.717) is 11.4 Å². The number of nitrogen functional groups attached to an aromatic ring is 1. The SMILES string of the molecule is Cc1ccc(OCC(O)COc2ccc(N)cc2)cc1C. The molecule has 0 saturated carbocycles. The van der Waals surface area contributed by atoms with Crippen LogP contribution in [-0.4, -0.2) is 24.4 Å². The lowest BCUT2D eigenvalue weighted by Crippen LogP contribution is -2.25. The first-order valence-electron chi connectivity index (χ1n) is 6.91. The normalized spacial score (nSPS) is 12.0. The molecule has 0 aliphatic carbocycles. The van der Waals surface area contributed by atoms with Crippen molar-refractivity contribution in [3.63, 3.8) is 0 Å². The summed E-state index contributed by atoms with van der Waals surface area (Å²) in [5.41, 5.74) is 8.66. The quantitative estimate of drug-likeness (QED) is 0.802. The van der Waals surface area contributed by atoms with E-state index in [0.717, 1.165) is 5.75 Å². The second kappa shape index (κ2) is 6.99. The fourth-order valence-electron chi connectivity index (χ4n) is 1.80. The summed E-state index contributed by atoms with van der Waals surface area (Å²) in [6.45, 7) is 4.45. The molecule has 0 bridgehead atoms. The largest absolute Gasteiger partial charge is 0.491 e. The lowest BCUT2D eigenvalue weighted by Gasteiger charge is -2.14. The Hall–Kier alpha value is -2.20. The third-order valence-corrected chi connectivity index (χ3v) is 3.24. The van der Waals surface area contributed by atoms with Gasteiger partial charge >= 0.3 is 0 Å². The molecule has 0 radical (unpaired) electrons. The van der Waals surface area contributed by atoms with Gasteiger partial charge in [-0.25, -0.2) is 0 Å². The Morgan fingerprint density at radius 3 is 2.10 bits per heavy atom. The Balaban J connectivity index is 1.77. The van der Waals surface area contributed by atoms with E-state index in [9.17, 15) is 5.11 Å². The van der Waals surface area contributed by atoms with Crippen LogP contribution in [0, 0.1) is 13.8 Å². The van der Waals surface area contributed by atoms with Gasteiger partial charge < -0.3 is 20.3 Å². The number of hydrogen-bond donors (Lipinski definition) is 2. The van der Waals surface area contributed by atoms with Crippen LogP contribution in [0.4, 0.5) is 5.69 Å². The maximum absolute atomic E-state index is 9.88. The number of anilines is 1. The summed E-state index contributed by atoms with van der Waals surface area (Å²) in [4.78, 5) is 0. The maximum atomic E-state index is 9.88. The van der Waals surface area contributed by atoms with Gasteiger partial charge in [0.15, 0.2) is 0 Å². The smallest absolute Gasteiger partial charge is 0.122 e. The van der Waals surface area contributed by atoms with Crippen molar-refractivity contribution in [2.24, 2.45) is 0 Å². The zero-order chi connectivity index (χ0) is 15.2. The molecule has 21 heavy (non-hydrogen) atoms. The molecule has 2 aromatic carbocycles. The van der Waals surface area contributed by atoms with Gasteiger partial charge in [0.1, 0.15) is 30.8 Å². The number of rotatable bonds is 6. The van der Waals surface area contributed by atoms with Gasteiger partial charge in [0.25, 0.3) is 0 Å². The summed E-state index contributed by atoms with van der Waals surface area (Å²) < 4.78 is 11.0. The summed E-state index contributed by atoms with van der Waals surface area (Å²) in [7, 11) is 0. The number of hydrogen-bond acceptors (Lipinski definition) is 4. The first kappa shape index (κ1) is 15.2. The van der Waals surface area contributed by atoms with Crippen LogP contribution < -0.4 is 15.2 Å². The maximum Gasteiger partial charge on any atom is 0.122 e. The first-order chi connectivity index (χ1) is 10.0. The monoisotopic (exact) mass is 287 g/mol. The van der Waals surface area contributed by atoms with E-state index >= 15 is 0 Å². The van der Waals surface area contributed by atoms with Crippen molar-refractivity contribution < 1.29 is 14.6 Å². The van der Waals surface area contributed by atoms with Gasteiger partial charge in [0.2, 0.25) is 0 Å². The Labute approximate surface area is 125 Å². The standard InChI is InChI=1S/C17H21NO3/c1-12-3-6-17(9-13(12)2)21-11-15(19)10-20-16-7-4-14(18)5-8-16/h3-9,15,19H,10-11,18H2,1-2H3. The Kier molecular flexibility index (Phi) is 5.06. The molecule has 112 valence electrons. The summed E-state index contributed by atoms with van der Waals surface area (Å²) in [5, 5.41) is 9.88. The van der Waals surface area contributed by atoms with Crippen molar-refractivity contribution in [2.75, 3.05) is 18.9 Å². The topological polar surface area (TPSA) is 64.7 Å². The molecule has 0 heterocycles. The van der Waals surface area contributed by atoms with E-state index in [1.165, 1.54) is 11.1 Å². The summed E-state index contributed by atoms with van der Waals surface area (Å²) in [6.07, 6.45) is -0.691. The number of aryl methyl sites for hydroxylation is 2. The highest BCUT2D eigenvalue weighted by Gasteiger charge is 2.07. The highest BCUT2D eigenvalue weighted by atomic mass is 16.5. The lowest BCUT2D eigenvalue weighted by molar-refractivity contribution is 0.0626. The average molecular weight is 287 g/mol. The van der Waals surface area contributed by atoms with Crippen molar-refractivity contribution in [1.82, 2.24) is 0 Å². The zero-order valence-electron chi connectivity index (χ0n) is 12.4. The minimum absolute atomic E-state index is 0.175. The van der Waals surface area contributed by atoms with Crippen LogP contribution in [0.3, 0.4) is 0 Å². The molecule has 0 amide bonds. The molecule has 1 unspecified atom stereocenters. The van der Waals surface area contributed by atoms with Gasteiger partial charge in [-0.05, 0) is 61.4 Å². The van der Waals surface area contributed by atoms with Gasteiger partial charge in [-0.15, -0.1) is 0 Å². The van der Waals surface area contributed by atoms with Crippen LogP contribution >= 0.6 is 0 Å². The van der Waals surface area contributed by atoms with Crippen molar-refractivity contribution in [1.29, 1.82) is 0 Å². The fraction of sp³-hybridized carbons (Fsp3) is 0.294. The minimum atomic E-state index is -0.691. The number of nitrogens with two attached hydrogens (primary N) is 1. The minimum Gasteiger partial charge on any atom is -0.491 e. The number of aliphatic hydroxyl groups excluding tert-OH is 1. The molecule has 4 heteroatoms. The third kappa shape index (κ3) is 4.68. The number of ether oxygens (including phenoxy) is 2.